The van der Waals surface area contributed by atoms with E-state index in [0.29, 0.717) is 0 Å². The maximum Gasteiger partial charge on any atom is 0.334 e. The van der Waals surface area contributed by atoms with Crippen LogP contribution in [0.5, 0.6) is 11.5 Å². The first-order valence-electron chi connectivity index (χ1n) is 11.9. The van der Waals surface area contributed by atoms with Gasteiger partial charge in [0.1, 0.15) is 11.5 Å². The zero-order chi connectivity index (χ0) is 23.6. The summed E-state index contributed by atoms with van der Waals surface area (Å²) in [5.41, 5.74) is 3.80. The monoisotopic (exact) mass is 462 g/mol. The normalized spacial score (nSPS) is 16.1. The number of hydrogen-bond acceptors (Lipinski definition) is 4. The highest BCUT2D eigenvalue weighted by Gasteiger charge is 2.28. The zero-order valence-electron chi connectivity index (χ0n) is 19.3. The molecule has 174 valence electrons. The van der Waals surface area contributed by atoms with Crippen molar-refractivity contribution in [3.05, 3.63) is 119 Å². The van der Waals surface area contributed by atoms with Crippen molar-refractivity contribution in [2.75, 3.05) is 13.1 Å². The minimum Gasteiger partial charge on any atom is -0.457 e. The van der Waals surface area contributed by atoms with Gasteiger partial charge in [-0.05, 0) is 54.4 Å². The predicted molar refractivity (Wildman–Crippen MR) is 137 cm³/mol. The molecule has 3 aromatic carbocycles. The van der Waals surface area contributed by atoms with E-state index in [2.05, 4.69) is 34.1 Å². The lowest BCUT2D eigenvalue weighted by Crippen LogP contribution is -2.29. The minimum atomic E-state index is -0.0312. The van der Waals surface area contributed by atoms with Crippen LogP contribution in [0.3, 0.4) is 0 Å². The van der Waals surface area contributed by atoms with Crippen LogP contribution >= 0.6 is 0 Å². The van der Waals surface area contributed by atoms with E-state index in [4.69, 9.17) is 4.74 Å². The Morgan fingerprint density at radius 1 is 0.829 bits per heavy atom. The largest absolute Gasteiger partial charge is 0.457 e. The molecule has 0 bridgehead atoms. The quantitative estimate of drug-likeness (QED) is 0.338. The van der Waals surface area contributed by atoms with Crippen LogP contribution in [0.1, 0.15) is 18.0 Å². The molecule has 1 aliphatic heterocycles. The van der Waals surface area contributed by atoms with Crippen LogP contribution < -0.4 is 10.4 Å². The van der Waals surface area contributed by atoms with Gasteiger partial charge in [-0.2, -0.15) is 0 Å². The van der Waals surface area contributed by atoms with Gasteiger partial charge in [-0.3, -0.25) is 19.0 Å². The number of hydrogen-bond donors (Lipinski definition) is 0. The average Bonchev–Trinajstić information content (AvgIpc) is 3.47. The lowest BCUT2D eigenvalue weighted by molar-refractivity contribution is 0.316. The smallest absolute Gasteiger partial charge is 0.334 e. The molecule has 0 amide bonds. The third-order valence-electron chi connectivity index (χ3n) is 6.61. The van der Waals surface area contributed by atoms with Gasteiger partial charge in [0, 0.05) is 25.8 Å². The van der Waals surface area contributed by atoms with Gasteiger partial charge in [0.25, 0.3) is 0 Å². The van der Waals surface area contributed by atoms with Gasteiger partial charge in [0.2, 0.25) is 0 Å². The third-order valence-corrected chi connectivity index (χ3v) is 6.61. The van der Waals surface area contributed by atoms with E-state index in [1.807, 2.05) is 71.3 Å². The highest BCUT2D eigenvalue weighted by atomic mass is 16.5. The summed E-state index contributed by atoms with van der Waals surface area (Å²) in [5, 5.41) is 0. The SMILES string of the molecule is O=c1n(-c2ccc(Oc3ccccc3)cc2)c2cnccc2n1C1CCN(Cc2ccccc2)C1. The van der Waals surface area contributed by atoms with Crippen molar-refractivity contribution in [2.45, 2.75) is 19.0 Å². The Balaban J connectivity index is 1.30. The summed E-state index contributed by atoms with van der Waals surface area (Å²) in [4.78, 5) is 20.5. The first-order chi connectivity index (χ1) is 17.3. The molecule has 5 aromatic rings. The molecule has 0 aliphatic carbocycles. The Labute approximate surface area is 203 Å². The van der Waals surface area contributed by atoms with Crippen LogP contribution in [0.2, 0.25) is 0 Å². The van der Waals surface area contributed by atoms with E-state index in [9.17, 15) is 4.79 Å². The van der Waals surface area contributed by atoms with Gasteiger partial charge >= 0.3 is 5.69 Å². The lowest BCUT2D eigenvalue weighted by atomic mass is 10.2. The number of pyridine rings is 1. The van der Waals surface area contributed by atoms with E-state index in [1.54, 1.807) is 17.0 Å². The van der Waals surface area contributed by atoms with Crippen molar-refractivity contribution in [1.29, 1.82) is 0 Å². The van der Waals surface area contributed by atoms with Crippen molar-refractivity contribution in [3.63, 3.8) is 0 Å². The van der Waals surface area contributed by atoms with E-state index >= 15 is 0 Å². The molecule has 0 spiro atoms. The molecule has 2 aromatic heterocycles. The summed E-state index contributed by atoms with van der Waals surface area (Å²) < 4.78 is 9.64. The Bertz CT molecular complexity index is 1490. The second-order valence-electron chi connectivity index (χ2n) is 8.92. The molecule has 1 saturated heterocycles. The standard InChI is InChI=1S/C29H26N4O2/c34-29-32(23-11-13-26(14-12-23)35-25-9-5-2-6-10-25)28-19-30-17-15-27(28)33(29)24-16-18-31(21-24)20-22-7-3-1-4-8-22/h1-15,17,19,24H,16,18,20-21H2. The molecule has 1 atom stereocenters. The van der Waals surface area contributed by atoms with Gasteiger partial charge in [-0.25, -0.2) is 4.79 Å². The fourth-order valence-electron chi connectivity index (χ4n) is 4.97. The van der Waals surface area contributed by atoms with E-state index in [-0.39, 0.29) is 11.7 Å². The van der Waals surface area contributed by atoms with Gasteiger partial charge in [-0.15, -0.1) is 0 Å². The zero-order valence-corrected chi connectivity index (χ0v) is 19.3. The second-order valence-corrected chi connectivity index (χ2v) is 8.92. The molecule has 0 radical (unpaired) electrons. The highest BCUT2D eigenvalue weighted by Crippen LogP contribution is 2.28. The number of rotatable bonds is 6. The Morgan fingerprint density at radius 3 is 2.31 bits per heavy atom. The van der Waals surface area contributed by atoms with E-state index < -0.39 is 0 Å². The Morgan fingerprint density at radius 2 is 1.54 bits per heavy atom. The molecular formula is C29H26N4O2. The molecule has 1 fully saturated rings. The number of imidazole rings is 1. The highest BCUT2D eigenvalue weighted by molar-refractivity contribution is 5.77. The number of aromatic nitrogens is 3. The third kappa shape index (κ3) is 4.24. The molecular weight excluding hydrogens is 436 g/mol. The van der Waals surface area contributed by atoms with Gasteiger partial charge in [0.15, 0.2) is 0 Å². The molecule has 3 heterocycles. The maximum absolute atomic E-state index is 13.8. The number of para-hydroxylation sites is 1. The van der Waals surface area contributed by atoms with Crippen LogP contribution in [0.25, 0.3) is 16.7 Å². The van der Waals surface area contributed by atoms with Crippen LogP contribution in [-0.4, -0.2) is 32.1 Å². The van der Waals surface area contributed by atoms with Gasteiger partial charge in [0.05, 0.1) is 29.0 Å². The fraction of sp³-hybridized carbons (Fsp3) is 0.172. The van der Waals surface area contributed by atoms with Crippen molar-refractivity contribution in [2.24, 2.45) is 0 Å². The van der Waals surface area contributed by atoms with Crippen molar-refractivity contribution >= 4 is 11.0 Å². The summed E-state index contributed by atoms with van der Waals surface area (Å²) in [6.45, 7) is 2.71. The first kappa shape index (κ1) is 21.4. The Kier molecular flexibility index (Phi) is 5.64. The van der Waals surface area contributed by atoms with Gasteiger partial charge in [-0.1, -0.05) is 48.5 Å². The number of benzene rings is 3. The van der Waals surface area contributed by atoms with Gasteiger partial charge < -0.3 is 4.74 Å². The molecule has 0 N–H and O–H groups in total. The summed E-state index contributed by atoms with van der Waals surface area (Å²) in [6, 6.07) is 29.9. The molecule has 1 aliphatic rings. The fourth-order valence-corrected chi connectivity index (χ4v) is 4.97. The number of nitrogens with zero attached hydrogens (tertiary/aromatic N) is 4. The second kappa shape index (κ2) is 9.24. The first-order valence-corrected chi connectivity index (χ1v) is 11.9. The van der Waals surface area contributed by atoms with Crippen molar-refractivity contribution in [1.82, 2.24) is 19.0 Å². The summed E-state index contributed by atoms with van der Waals surface area (Å²) >= 11 is 0. The summed E-state index contributed by atoms with van der Waals surface area (Å²) in [6.07, 6.45) is 4.48. The van der Waals surface area contributed by atoms with Crippen molar-refractivity contribution in [3.8, 4) is 17.2 Å². The number of fused-ring (bicyclic) bond motifs is 1. The average molecular weight is 463 g/mol. The topological polar surface area (TPSA) is 52.3 Å². The van der Waals surface area contributed by atoms with Crippen molar-refractivity contribution < 1.29 is 4.74 Å². The van der Waals surface area contributed by atoms with E-state index in [1.165, 1.54) is 5.56 Å². The molecule has 6 rings (SSSR count). The molecule has 6 nitrogen and oxygen atoms in total. The van der Waals surface area contributed by atoms with Crippen LogP contribution in [0, 0.1) is 0 Å². The molecule has 6 heteroatoms. The summed E-state index contributed by atoms with van der Waals surface area (Å²) in [7, 11) is 0. The number of likely N-dealkylation sites (tertiary alicyclic amines) is 1. The summed E-state index contributed by atoms with van der Waals surface area (Å²) in [5.74, 6) is 1.50. The van der Waals surface area contributed by atoms with Crippen LogP contribution in [-0.2, 0) is 6.54 Å². The number of ether oxygens (including phenoxy) is 1. The minimum absolute atomic E-state index is 0.0312. The maximum atomic E-state index is 13.8. The van der Waals surface area contributed by atoms with Crippen LogP contribution in [0.4, 0.5) is 0 Å². The lowest BCUT2D eigenvalue weighted by Gasteiger charge is -2.16. The predicted octanol–water partition coefficient (Wildman–Crippen LogP) is 5.43. The molecule has 35 heavy (non-hydrogen) atoms. The molecule has 1 unspecified atom stereocenters. The molecule has 0 saturated carbocycles. The van der Waals surface area contributed by atoms with E-state index in [0.717, 1.165) is 54.3 Å². The Hall–Kier alpha value is -4.16. The van der Waals surface area contributed by atoms with Crippen LogP contribution in [0.15, 0.2) is 108 Å².